The highest BCUT2D eigenvalue weighted by atomic mass is 16.7. The van der Waals surface area contributed by atoms with Crippen LogP contribution < -0.4 is 0 Å². The van der Waals surface area contributed by atoms with Crippen LogP contribution in [-0.4, -0.2) is 89.0 Å². The SMILES string of the molecule is CC[C@H](C)CCCCCCCCCCC(=O)OC[C@H](CO[C@@H]1O[C@H](CO)[C@H](O)[C@H](O)[C@H]1O)OC(=O)CCCCCCCCCC[C@@H](C)CC. The third-order valence-electron chi connectivity index (χ3n) is 10.1. The molecule has 1 aliphatic rings. The van der Waals surface area contributed by atoms with E-state index in [9.17, 15) is 30.0 Å². The van der Waals surface area contributed by atoms with Gasteiger partial charge >= 0.3 is 11.9 Å². The van der Waals surface area contributed by atoms with Gasteiger partial charge in [0.1, 0.15) is 31.0 Å². The van der Waals surface area contributed by atoms with Crippen molar-refractivity contribution in [1.82, 2.24) is 0 Å². The minimum Gasteiger partial charge on any atom is -0.462 e. The molecule has 0 spiro atoms. The Morgan fingerprint density at radius 3 is 1.53 bits per heavy atom. The highest BCUT2D eigenvalue weighted by Crippen LogP contribution is 2.23. The van der Waals surface area contributed by atoms with Crippen LogP contribution >= 0.6 is 0 Å². The van der Waals surface area contributed by atoms with Gasteiger partial charge in [0.2, 0.25) is 0 Å². The van der Waals surface area contributed by atoms with Gasteiger partial charge < -0.3 is 39.4 Å². The first-order valence-corrected chi connectivity index (χ1v) is 19.9. The predicted molar refractivity (Wildman–Crippen MR) is 192 cm³/mol. The molecule has 290 valence electrons. The van der Waals surface area contributed by atoms with Crippen molar-refractivity contribution < 1.29 is 49.0 Å². The van der Waals surface area contributed by atoms with Crippen molar-refractivity contribution in [3.8, 4) is 0 Å². The van der Waals surface area contributed by atoms with Gasteiger partial charge in [-0.2, -0.15) is 0 Å². The normalized spacial score (nSPS) is 22.8. The van der Waals surface area contributed by atoms with Gasteiger partial charge in [-0.05, 0) is 24.7 Å². The fourth-order valence-electron chi connectivity index (χ4n) is 6.08. The summed E-state index contributed by atoms with van der Waals surface area (Å²) in [5.74, 6) is 0.831. The zero-order chi connectivity index (χ0) is 36.3. The van der Waals surface area contributed by atoms with Gasteiger partial charge in [0.25, 0.3) is 0 Å². The van der Waals surface area contributed by atoms with E-state index in [0.29, 0.717) is 6.42 Å². The Morgan fingerprint density at radius 2 is 1.06 bits per heavy atom. The molecule has 0 unspecified atom stereocenters. The molecule has 1 saturated heterocycles. The summed E-state index contributed by atoms with van der Waals surface area (Å²) in [5.41, 5.74) is 0. The molecule has 10 nitrogen and oxygen atoms in total. The molecule has 0 aromatic heterocycles. The molecule has 1 rings (SSSR count). The summed E-state index contributed by atoms with van der Waals surface area (Å²) >= 11 is 0. The Bertz CT molecular complexity index is 809. The third-order valence-corrected chi connectivity index (χ3v) is 10.1. The summed E-state index contributed by atoms with van der Waals surface area (Å²) in [5, 5.41) is 39.9. The Hall–Kier alpha value is -1.30. The lowest BCUT2D eigenvalue weighted by molar-refractivity contribution is -0.305. The number of rotatable bonds is 31. The number of hydrogen-bond acceptors (Lipinski definition) is 10. The standard InChI is InChI=1S/C39H74O10/c1-5-30(3)23-19-15-11-7-9-13-17-21-25-34(41)46-28-32(29-47-39-38(45)37(44)36(43)33(27-40)49-39)48-35(42)26-22-18-14-10-8-12-16-20-24-31(4)6-2/h30-33,36-40,43-45H,5-29H2,1-4H3/t30-,31-,32+,33+,36-,37-,38+,39+/m0/s1. The minimum absolute atomic E-state index is 0.213. The van der Waals surface area contributed by atoms with E-state index in [1.165, 1.54) is 83.5 Å². The zero-order valence-electron chi connectivity index (χ0n) is 31.5. The minimum atomic E-state index is -1.59. The van der Waals surface area contributed by atoms with E-state index in [2.05, 4.69) is 27.7 Å². The second-order valence-electron chi connectivity index (χ2n) is 14.6. The molecule has 8 atom stereocenters. The van der Waals surface area contributed by atoms with Crippen LogP contribution in [0.5, 0.6) is 0 Å². The first-order chi connectivity index (χ1) is 23.6. The number of unbranched alkanes of at least 4 members (excludes halogenated alkanes) is 14. The van der Waals surface area contributed by atoms with Crippen molar-refractivity contribution in [2.75, 3.05) is 19.8 Å². The maximum atomic E-state index is 12.7. The van der Waals surface area contributed by atoms with Crippen LogP contribution in [-0.2, 0) is 28.5 Å². The predicted octanol–water partition coefficient (Wildman–Crippen LogP) is 7.15. The van der Waals surface area contributed by atoms with Crippen molar-refractivity contribution in [2.24, 2.45) is 11.8 Å². The molecule has 0 aromatic rings. The van der Waals surface area contributed by atoms with Crippen molar-refractivity contribution in [1.29, 1.82) is 0 Å². The summed E-state index contributed by atoms with van der Waals surface area (Å²) in [7, 11) is 0. The molecule has 0 bridgehead atoms. The molecular formula is C39H74O10. The van der Waals surface area contributed by atoms with E-state index in [0.717, 1.165) is 50.4 Å². The second-order valence-corrected chi connectivity index (χ2v) is 14.6. The number of ether oxygens (including phenoxy) is 4. The average molecular weight is 703 g/mol. The van der Waals surface area contributed by atoms with Crippen LogP contribution in [0.1, 0.15) is 169 Å². The molecule has 1 aliphatic heterocycles. The molecule has 49 heavy (non-hydrogen) atoms. The molecule has 1 fully saturated rings. The molecule has 0 aromatic carbocycles. The van der Waals surface area contributed by atoms with Crippen LogP contribution in [0.2, 0.25) is 0 Å². The summed E-state index contributed by atoms with van der Waals surface area (Å²) in [6.45, 7) is 8.05. The van der Waals surface area contributed by atoms with E-state index in [1.807, 2.05) is 0 Å². The maximum Gasteiger partial charge on any atom is 0.306 e. The van der Waals surface area contributed by atoms with Crippen LogP contribution in [0.15, 0.2) is 0 Å². The number of carbonyl (C=O) groups excluding carboxylic acids is 2. The van der Waals surface area contributed by atoms with Crippen LogP contribution in [0.3, 0.4) is 0 Å². The van der Waals surface area contributed by atoms with E-state index in [1.54, 1.807) is 0 Å². The van der Waals surface area contributed by atoms with Gasteiger partial charge in [-0.25, -0.2) is 0 Å². The number of aliphatic hydroxyl groups is 4. The average Bonchev–Trinajstić information content (AvgIpc) is 3.10. The smallest absolute Gasteiger partial charge is 0.306 e. The second kappa shape index (κ2) is 29.3. The molecule has 0 saturated carbocycles. The topological polar surface area (TPSA) is 152 Å². The molecule has 0 amide bonds. The first-order valence-electron chi connectivity index (χ1n) is 19.9. The summed E-state index contributed by atoms with van der Waals surface area (Å²) in [6, 6.07) is 0. The number of esters is 2. The Kier molecular flexibility index (Phi) is 27.3. The molecule has 1 heterocycles. The lowest BCUT2D eigenvalue weighted by Crippen LogP contribution is -2.59. The molecule has 10 heteroatoms. The summed E-state index contributed by atoms with van der Waals surface area (Å²) in [6.07, 6.45) is 15.5. The maximum absolute atomic E-state index is 12.7. The van der Waals surface area contributed by atoms with Crippen LogP contribution in [0.25, 0.3) is 0 Å². The highest BCUT2D eigenvalue weighted by molar-refractivity contribution is 5.70. The largest absolute Gasteiger partial charge is 0.462 e. The monoisotopic (exact) mass is 703 g/mol. The highest BCUT2D eigenvalue weighted by Gasteiger charge is 2.44. The van der Waals surface area contributed by atoms with Gasteiger partial charge in [0, 0.05) is 12.8 Å². The number of hydrogen-bond donors (Lipinski definition) is 4. The molecule has 4 N–H and O–H groups in total. The van der Waals surface area contributed by atoms with Gasteiger partial charge in [-0.1, -0.05) is 143 Å². The van der Waals surface area contributed by atoms with Crippen LogP contribution in [0.4, 0.5) is 0 Å². The quantitative estimate of drug-likeness (QED) is 0.0433. The van der Waals surface area contributed by atoms with Crippen LogP contribution in [0, 0.1) is 11.8 Å². The van der Waals surface area contributed by atoms with E-state index >= 15 is 0 Å². The summed E-state index contributed by atoms with van der Waals surface area (Å²) < 4.78 is 22.1. The van der Waals surface area contributed by atoms with Crippen molar-refractivity contribution >= 4 is 11.9 Å². The lowest BCUT2D eigenvalue weighted by Gasteiger charge is -2.39. The Balaban J connectivity index is 2.40. The van der Waals surface area contributed by atoms with E-state index in [4.69, 9.17) is 18.9 Å². The van der Waals surface area contributed by atoms with E-state index in [-0.39, 0.29) is 32.0 Å². The van der Waals surface area contributed by atoms with Gasteiger partial charge in [-0.3, -0.25) is 9.59 Å². The van der Waals surface area contributed by atoms with Crippen molar-refractivity contribution in [3.63, 3.8) is 0 Å². The number of aliphatic hydroxyl groups excluding tert-OH is 4. The molecule has 0 aliphatic carbocycles. The van der Waals surface area contributed by atoms with Crippen molar-refractivity contribution in [2.45, 2.75) is 206 Å². The first kappa shape index (κ1) is 45.7. The Morgan fingerprint density at radius 1 is 0.612 bits per heavy atom. The van der Waals surface area contributed by atoms with Gasteiger partial charge in [0.15, 0.2) is 12.4 Å². The zero-order valence-corrected chi connectivity index (χ0v) is 31.5. The number of carbonyl (C=O) groups is 2. The lowest BCUT2D eigenvalue weighted by atomic mass is 9.99. The fourth-order valence-corrected chi connectivity index (χ4v) is 6.08. The summed E-state index contributed by atoms with van der Waals surface area (Å²) in [4.78, 5) is 25.2. The van der Waals surface area contributed by atoms with Crippen molar-refractivity contribution in [3.05, 3.63) is 0 Å². The van der Waals surface area contributed by atoms with E-state index < -0.39 is 49.4 Å². The van der Waals surface area contributed by atoms with Gasteiger partial charge in [-0.15, -0.1) is 0 Å². The molecular weight excluding hydrogens is 628 g/mol. The third kappa shape index (κ3) is 22.3. The van der Waals surface area contributed by atoms with Gasteiger partial charge in [0.05, 0.1) is 13.2 Å². The Labute approximate surface area is 298 Å². The fraction of sp³-hybridized carbons (Fsp3) is 0.949. The molecule has 0 radical (unpaired) electrons.